The lowest BCUT2D eigenvalue weighted by molar-refractivity contribution is -0.138. The lowest BCUT2D eigenvalue weighted by Gasteiger charge is -2.39. The number of nitrogens with zero attached hydrogens (tertiary/aromatic N) is 2. The highest BCUT2D eigenvalue weighted by Gasteiger charge is 2.44. The van der Waals surface area contributed by atoms with Gasteiger partial charge in [-0.2, -0.15) is 5.10 Å². The molecular weight excluding hydrogens is 342 g/mol. The quantitative estimate of drug-likeness (QED) is 0.822. The molecule has 0 fully saturated rings. The van der Waals surface area contributed by atoms with E-state index in [1.54, 1.807) is 13.1 Å². The number of carbonyl (C=O) groups is 2. The Morgan fingerprint density at radius 3 is 2.63 bits per heavy atom. The number of aryl methyl sites for hydroxylation is 1. The maximum absolute atomic E-state index is 13.1. The summed E-state index contributed by atoms with van der Waals surface area (Å²) in [6.07, 6.45) is 3.04. The van der Waals surface area contributed by atoms with Gasteiger partial charge < -0.3 is 10.1 Å². The highest BCUT2D eigenvalue weighted by Crippen LogP contribution is 2.47. The summed E-state index contributed by atoms with van der Waals surface area (Å²) in [4.78, 5) is 26.0. The number of hydrogen-bond donors (Lipinski definition) is 1. The highest BCUT2D eigenvalue weighted by atomic mass is 16.5. The van der Waals surface area contributed by atoms with Crippen molar-refractivity contribution in [1.82, 2.24) is 15.1 Å². The van der Waals surface area contributed by atoms with Crippen LogP contribution < -0.4 is 5.32 Å². The average Bonchev–Trinajstić information content (AvgIpc) is 2.92. The standard InChI is InChI=1S/C21H29N3O3/c1-7-24-13(4)14(11-22-24)18-17(20(26)27-8-2)12(3)23-15-9-21(5,6)10-16(25)19(15)18/h11,18,23H,7-10H2,1-6H3/t18-/m1/s1. The molecule has 2 aliphatic rings. The molecule has 0 saturated heterocycles. The van der Waals surface area contributed by atoms with Crippen LogP contribution in [0, 0.1) is 12.3 Å². The second kappa shape index (κ2) is 6.98. The molecule has 1 aromatic rings. The molecule has 0 bridgehead atoms. The minimum Gasteiger partial charge on any atom is -0.463 e. The van der Waals surface area contributed by atoms with Crippen LogP contribution in [0.4, 0.5) is 0 Å². The minimum absolute atomic E-state index is 0.0942. The van der Waals surface area contributed by atoms with Gasteiger partial charge in [-0.3, -0.25) is 9.48 Å². The Morgan fingerprint density at radius 2 is 2.04 bits per heavy atom. The number of esters is 1. The SMILES string of the molecule is CCOC(=O)C1=C(C)NC2=C(C(=O)CC(C)(C)C2)[C@@H]1c1cnn(CC)c1C. The molecule has 1 aliphatic heterocycles. The van der Waals surface area contributed by atoms with Gasteiger partial charge in [0, 0.05) is 41.2 Å². The number of Topliss-reactive ketones (excluding diaryl/α,β-unsaturated/α-hetero) is 1. The number of aromatic nitrogens is 2. The summed E-state index contributed by atoms with van der Waals surface area (Å²) in [5, 5.41) is 7.80. The first-order chi connectivity index (χ1) is 12.7. The van der Waals surface area contributed by atoms with Crippen molar-refractivity contribution < 1.29 is 14.3 Å². The summed E-state index contributed by atoms with van der Waals surface area (Å²) in [5.41, 5.74) is 4.67. The molecular formula is C21H29N3O3. The van der Waals surface area contributed by atoms with E-state index in [2.05, 4.69) is 24.3 Å². The minimum atomic E-state index is -0.427. The van der Waals surface area contributed by atoms with Gasteiger partial charge in [0.1, 0.15) is 0 Å². The predicted molar refractivity (Wildman–Crippen MR) is 103 cm³/mol. The first-order valence-electron chi connectivity index (χ1n) is 9.63. The highest BCUT2D eigenvalue weighted by molar-refractivity contribution is 6.04. The zero-order valence-electron chi connectivity index (χ0n) is 17.1. The van der Waals surface area contributed by atoms with Gasteiger partial charge in [-0.25, -0.2) is 4.79 Å². The van der Waals surface area contributed by atoms with Gasteiger partial charge >= 0.3 is 5.97 Å². The molecule has 0 spiro atoms. The molecule has 27 heavy (non-hydrogen) atoms. The van der Waals surface area contributed by atoms with E-state index in [0.29, 0.717) is 24.2 Å². The van der Waals surface area contributed by atoms with Crippen molar-refractivity contribution in [2.45, 2.75) is 66.8 Å². The zero-order valence-corrected chi connectivity index (χ0v) is 17.1. The third kappa shape index (κ3) is 3.33. The summed E-state index contributed by atoms with van der Waals surface area (Å²) in [5.74, 6) is -0.707. The Balaban J connectivity index is 2.20. The van der Waals surface area contributed by atoms with Crippen molar-refractivity contribution in [1.29, 1.82) is 0 Å². The van der Waals surface area contributed by atoms with Crippen molar-refractivity contribution in [2.75, 3.05) is 6.61 Å². The summed E-state index contributed by atoms with van der Waals surface area (Å²) in [7, 11) is 0. The molecule has 6 heteroatoms. The van der Waals surface area contributed by atoms with Crippen LogP contribution in [0.5, 0.6) is 0 Å². The number of rotatable bonds is 4. The van der Waals surface area contributed by atoms with Crippen molar-refractivity contribution >= 4 is 11.8 Å². The molecule has 2 heterocycles. The molecule has 0 aromatic carbocycles. The largest absolute Gasteiger partial charge is 0.463 e. The lowest BCUT2D eigenvalue weighted by atomic mass is 9.68. The van der Waals surface area contributed by atoms with Gasteiger partial charge in [-0.15, -0.1) is 0 Å². The molecule has 0 radical (unpaired) electrons. The van der Waals surface area contributed by atoms with Crippen molar-refractivity contribution in [3.05, 3.63) is 40.0 Å². The van der Waals surface area contributed by atoms with Crippen molar-refractivity contribution in [3.8, 4) is 0 Å². The number of allylic oxidation sites excluding steroid dienone is 3. The number of dihydropyridines is 1. The topological polar surface area (TPSA) is 73.2 Å². The van der Waals surface area contributed by atoms with Crippen LogP contribution in [0.3, 0.4) is 0 Å². The van der Waals surface area contributed by atoms with E-state index in [4.69, 9.17) is 4.74 Å². The van der Waals surface area contributed by atoms with E-state index in [0.717, 1.165) is 35.6 Å². The summed E-state index contributed by atoms with van der Waals surface area (Å²) in [6.45, 7) is 12.9. The number of ether oxygens (including phenoxy) is 1. The maximum atomic E-state index is 13.1. The molecule has 146 valence electrons. The number of carbonyl (C=O) groups excluding carboxylic acids is 2. The molecule has 1 aliphatic carbocycles. The Kier molecular flexibility index (Phi) is 5.02. The van der Waals surface area contributed by atoms with E-state index < -0.39 is 5.92 Å². The van der Waals surface area contributed by atoms with E-state index in [-0.39, 0.29) is 17.2 Å². The fourth-order valence-electron chi connectivity index (χ4n) is 4.29. The van der Waals surface area contributed by atoms with E-state index in [1.165, 1.54) is 0 Å². The summed E-state index contributed by atoms with van der Waals surface area (Å²) >= 11 is 0. The number of nitrogens with one attached hydrogen (secondary N) is 1. The van der Waals surface area contributed by atoms with Gasteiger partial charge in [0.2, 0.25) is 0 Å². The zero-order chi connectivity index (χ0) is 19.9. The Bertz CT molecular complexity index is 858. The number of ketones is 1. The lowest BCUT2D eigenvalue weighted by Crippen LogP contribution is -2.38. The van der Waals surface area contributed by atoms with Crippen LogP contribution in [0.2, 0.25) is 0 Å². The fraction of sp³-hybridized carbons (Fsp3) is 0.571. The van der Waals surface area contributed by atoms with Gasteiger partial charge in [0.25, 0.3) is 0 Å². The van der Waals surface area contributed by atoms with Gasteiger partial charge in [-0.05, 0) is 39.5 Å². The first-order valence-corrected chi connectivity index (χ1v) is 9.63. The molecule has 1 atom stereocenters. The Hall–Kier alpha value is -2.37. The smallest absolute Gasteiger partial charge is 0.336 e. The number of hydrogen-bond acceptors (Lipinski definition) is 5. The van der Waals surface area contributed by atoms with Crippen LogP contribution in [0.1, 0.15) is 64.6 Å². The van der Waals surface area contributed by atoms with Crippen molar-refractivity contribution in [3.63, 3.8) is 0 Å². The van der Waals surface area contributed by atoms with Crippen LogP contribution in [0.25, 0.3) is 0 Å². The Morgan fingerprint density at radius 1 is 1.33 bits per heavy atom. The third-order valence-corrected chi connectivity index (χ3v) is 5.49. The van der Waals surface area contributed by atoms with E-state index >= 15 is 0 Å². The molecule has 1 N–H and O–H groups in total. The van der Waals surface area contributed by atoms with Crippen LogP contribution in [-0.4, -0.2) is 28.1 Å². The van der Waals surface area contributed by atoms with Crippen LogP contribution >= 0.6 is 0 Å². The van der Waals surface area contributed by atoms with Gasteiger partial charge in [-0.1, -0.05) is 13.8 Å². The third-order valence-electron chi connectivity index (χ3n) is 5.49. The molecule has 0 saturated carbocycles. The Labute approximate surface area is 160 Å². The average molecular weight is 371 g/mol. The summed E-state index contributed by atoms with van der Waals surface area (Å²) in [6, 6.07) is 0. The molecule has 3 rings (SSSR count). The van der Waals surface area contributed by atoms with Gasteiger partial charge in [0.15, 0.2) is 5.78 Å². The summed E-state index contributed by atoms with van der Waals surface area (Å²) < 4.78 is 7.23. The molecule has 0 amide bonds. The first kappa shape index (κ1) is 19.4. The van der Waals surface area contributed by atoms with E-state index in [9.17, 15) is 9.59 Å². The van der Waals surface area contributed by atoms with Crippen LogP contribution in [0.15, 0.2) is 28.7 Å². The maximum Gasteiger partial charge on any atom is 0.336 e. The molecule has 0 unspecified atom stereocenters. The van der Waals surface area contributed by atoms with Gasteiger partial charge in [0.05, 0.1) is 24.3 Å². The van der Waals surface area contributed by atoms with E-state index in [1.807, 2.05) is 25.5 Å². The molecule has 6 nitrogen and oxygen atoms in total. The molecule has 1 aromatic heterocycles. The van der Waals surface area contributed by atoms with Crippen molar-refractivity contribution in [2.24, 2.45) is 5.41 Å². The second-order valence-electron chi connectivity index (χ2n) is 8.15. The van der Waals surface area contributed by atoms with Crippen LogP contribution in [-0.2, 0) is 20.9 Å². The predicted octanol–water partition coefficient (Wildman–Crippen LogP) is 3.38. The monoisotopic (exact) mass is 371 g/mol. The normalized spacial score (nSPS) is 21.9. The second-order valence-corrected chi connectivity index (χ2v) is 8.15. The fourth-order valence-corrected chi connectivity index (χ4v) is 4.29.